The summed E-state index contributed by atoms with van der Waals surface area (Å²) in [5, 5.41) is 0. The minimum Gasteiger partial charge on any atom is -0.493 e. The van der Waals surface area contributed by atoms with Crippen molar-refractivity contribution < 1.29 is 19.1 Å². The SMILES string of the molecule is COc1ccc(CCC2CCCCN2C(=O)c2ccc(N3CCCC3=O)cc2)cc1OC. The Labute approximate surface area is 190 Å². The molecule has 2 aliphatic heterocycles. The highest BCUT2D eigenvalue weighted by molar-refractivity contribution is 5.97. The van der Waals surface area contributed by atoms with Crippen LogP contribution in [0.2, 0.25) is 0 Å². The Kier molecular flexibility index (Phi) is 6.98. The Morgan fingerprint density at radius 3 is 2.44 bits per heavy atom. The molecule has 4 rings (SSSR count). The molecule has 0 radical (unpaired) electrons. The lowest BCUT2D eigenvalue weighted by Gasteiger charge is -2.36. The zero-order valence-electron chi connectivity index (χ0n) is 19.0. The Morgan fingerprint density at radius 1 is 0.969 bits per heavy atom. The van der Waals surface area contributed by atoms with Crippen LogP contribution in [0.15, 0.2) is 42.5 Å². The van der Waals surface area contributed by atoms with E-state index in [2.05, 4.69) is 6.07 Å². The summed E-state index contributed by atoms with van der Waals surface area (Å²) < 4.78 is 10.8. The monoisotopic (exact) mass is 436 g/mol. The topological polar surface area (TPSA) is 59.1 Å². The minimum absolute atomic E-state index is 0.0845. The second-order valence-electron chi connectivity index (χ2n) is 8.57. The number of piperidine rings is 1. The van der Waals surface area contributed by atoms with Gasteiger partial charge in [0.2, 0.25) is 5.91 Å². The number of methoxy groups -OCH3 is 2. The summed E-state index contributed by atoms with van der Waals surface area (Å²) in [6, 6.07) is 13.8. The molecule has 2 aromatic rings. The summed E-state index contributed by atoms with van der Waals surface area (Å²) in [5.74, 6) is 1.71. The van der Waals surface area contributed by atoms with Gasteiger partial charge in [-0.2, -0.15) is 0 Å². The number of nitrogens with zero attached hydrogens (tertiary/aromatic N) is 2. The van der Waals surface area contributed by atoms with E-state index in [1.807, 2.05) is 41.3 Å². The van der Waals surface area contributed by atoms with Gasteiger partial charge in [0.05, 0.1) is 14.2 Å². The van der Waals surface area contributed by atoms with Crippen LogP contribution in [0.4, 0.5) is 5.69 Å². The first-order chi connectivity index (χ1) is 15.6. The Bertz CT molecular complexity index is 957. The van der Waals surface area contributed by atoms with Gasteiger partial charge in [0.15, 0.2) is 11.5 Å². The number of anilines is 1. The third-order valence-electron chi connectivity index (χ3n) is 6.60. The molecular formula is C26H32N2O4. The number of aryl methyl sites for hydroxylation is 1. The normalized spacial score (nSPS) is 18.7. The van der Waals surface area contributed by atoms with E-state index in [-0.39, 0.29) is 17.9 Å². The van der Waals surface area contributed by atoms with Crippen LogP contribution in [-0.2, 0) is 11.2 Å². The molecule has 0 N–H and O–H groups in total. The maximum atomic E-state index is 13.3. The fourth-order valence-corrected chi connectivity index (χ4v) is 4.81. The molecule has 1 atom stereocenters. The highest BCUT2D eigenvalue weighted by Crippen LogP contribution is 2.30. The highest BCUT2D eigenvalue weighted by atomic mass is 16.5. The molecule has 2 aromatic carbocycles. The lowest BCUT2D eigenvalue weighted by Crippen LogP contribution is -2.44. The van der Waals surface area contributed by atoms with Crippen molar-refractivity contribution in [3.8, 4) is 11.5 Å². The quantitative estimate of drug-likeness (QED) is 0.643. The number of carbonyl (C=O) groups excluding carboxylic acids is 2. The maximum absolute atomic E-state index is 13.3. The number of carbonyl (C=O) groups is 2. The molecule has 0 spiro atoms. The summed E-state index contributed by atoms with van der Waals surface area (Å²) in [5.41, 5.74) is 2.76. The van der Waals surface area contributed by atoms with Gasteiger partial charge in [-0.25, -0.2) is 0 Å². The van der Waals surface area contributed by atoms with Crippen LogP contribution in [0.1, 0.15) is 54.4 Å². The van der Waals surface area contributed by atoms with Crippen LogP contribution in [0.25, 0.3) is 0 Å². The standard InChI is InChI=1S/C26H32N2O4/c1-31-23-15-9-19(18-24(23)32-2)8-12-21-6-3-4-16-28(21)26(30)20-10-13-22(14-11-20)27-17-5-7-25(27)29/h9-11,13-15,18,21H,3-8,12,16-17H2,1-2H3. The zero-order chi connectivity index (χ0) is 22.5. The molecule has 2 fully saturated rings. The Morgan fingerprint density at radius 2 is 1.75 bits per heavy atom. The first-order valence-corrected chi connectivity index (χ1v) is 11.5. The van der Waals surface area contributed by atoms with Crippen LogP contribution in [0.3, 0.4) is 0 Å². The van der Waals surface area contributed by atoms with Crippen LogP contribution >= 0.6 is 0 Å². The molecule has 1 unspecified atom stereocenters. The van der Waals surface area contributed by atoms with Gasteiger partial charge < -0.3 is 19.3 Å². The maximum Gasteiger partial charge on any atom is 0.254 e. The number of benzene rings is 2. The van der Waals surface area contributed by atoms with Crippen molar-refractivity contribution in [1.29, 1.82) is 0 Å². The van der Waals surface area contributed by atoms with Gasteiger partial charge in [-0.05, 0) is 80.5 Å². The van der Waals surface area contributed by atoms with Crippen molar-refractivity contribution in [2.45, 2.75) is 51.0 Å². The van der Waals surface area contributed by atoms with Crippen molar-refractivity contribution in [2.75, 3.05) is 32.2 Å². The molecule has 0 bridgehead atoms. The third kappa shape index (κ3) is 4.74. The van der Waals surface area contributed by atoms with Gasteiger partial charge in [0, 0.05) is 36.8 Å². The second-order valence-corrected chi connectivity index (χ2v) is 8.57. The summed E-state index contributed by atoms with van der Waals surface area (Å²) in [7, 11) is 3.28. The van der Waals surface area contributed by atoms with Gasteiger partial charge in [-0.15, -0.1) is 0 Å². The molecule has 0 aromatic heterocycles. The van der Waals surface area contributed by atoms with Crippen molar-refractivity contribution in [3.63, 3.8) is 0 Å². The van der Waals surface area contributed by atoms with E-state index in [9.17, 15) is 9.59 Å². The Balaban J connectivity index is 1.42. The predicted molar refractivity (Wildman–Crippen MR) is 125 cm³/mol. The number of hydrogen-bond acceptors (Lipinski definition) is 4. The van der Waals surface area contributed by atoms with Gasteiger partial charge in [-0.3, -0.25) is 9.59 Å². The lowest BCUT2D eigenvalue weighted by atomic mass is 9.95. The van der Waals surface area contributed by atoms with Crippen molar-refractivity contribution in [3.05, 3.63) is 53.6 Å². The van der Waals surface area contributed by atoms with Crippen molar-refractivity contribution in [1.82, 2.24) is 4.90 Å². The summed E-state index contributed by atoms with van der Waals surface area (Å²) in [6.07, 6.45) is 6.52. The van der Waals surface area contributed by atoms with E-state index in [0.717, 1.165) is 68.8 Å². The number of hydrogen-bond donors (Lipinski definition) is 0. The number of amides is 2. The lowest BCUT2D eigenvalue weighted by molar-refractivity contribution is -0.117. The zero-order valence-corrected chi connectivity index (χ0v) is 19.0. The predicted octanol–water partition coefficient (Wildman–Crippen LogP) is 4.46. The summed E-state index contributed by atoms with van der Waals surface area (Å²) in [6.45, 7) is 1.55. The Hall–Kier alpha value is -3.02. The molecule has 0 aliphatic carbocycles. The fraction of sp³-hybridized carbons (Fsp3) is 0.462. The summed E-state index contributed by atoms with van der Waals surface area (Å²) in [4.78, 5) is 29.1. The molecule has 2 amide bonds. The van der Waals surface area contributed by atoms with E-state index in [1.165, 1.54) is 5.56 Å². The first-order valence-electron chi connectivity index (χ1n) is 11.5. The van der Waals surface area contributed by atoms with Crippen LogP contribution in [-0.4, -0.2) is 50.1 Å². The van der Waals surface area contributed by atoms with E-state index < -0.39 is 0 Å². The van der Waals surface area contributed by atoms with Gasteiger partial charge >= 0.3 is 0 Å². The third-order valence-corrected chi connectivity index (χ3v) is 6.60. The molecule has 32 heavy (non-hydrogen) atoms. The largest absolute Gasteiger partial charge is 0.493 e. The average molecular weight is 437 g/mol. The molecule has 2 heterocycles. The minimum atomic E-state index is 0.0845. The van der Waals surface area contributed by atoms with E-state index in [1.54, 1.807) is 19.1 Å². The van der Waals surface area contributed by atoms with E-state index in [4.69, 9.17) is 9.47 Å². The molecule has 6 nitrogen and oxygen atoms in total. The van der Waals surface area contributed by atoms with Gasteiger partial charge in [-0.1, -0.05) is 6.07 Å². The molecule has 6 heteroatoms. The highest BCUT2D eigenvalue weighted by Gasteiger charge is 2.28. The number of rotatable bonds is 7. The first kappa shape index (κ1) is 22.2. The smallest absolute Gasteiger partial charge is 0.254 e. The van der Waals surface area contributed by atoms with E-state index >= 15 is 0 Å². The van der Waals surface area contributed by atoms with Crippen LogP contribution in [0, 0.1) is 0 Å². The van der Waals surface area contributed by atoms with E-state index in [0.29, 0.717) is 12.0 Å². The van der Waals surface area contributed by atoms with Crippen LogP contribution in [0.5, 0.6) is 11.5 Å². The molecule has 2 aliphatic rings. The number of ether oxygens (including phenoxy) is 2. The van der Waals surface area contributed by atoms with Gasteiger partial charge in [0.1, 0.15) is 0 Å². The fourth-order valence-electron chi connectivity index (χ4n) is 4.81. The van der Waals surface area contributed by atoms with Crippen molar-refractivity contribution >= 4 is 17.5 Å². The van der Waals surface area contributed by atoms with Crippen molar-refractivity contribution in [2.24, 2.45) is 0 Å². The molecular weight excluding hydrogens is 404 g/mol. The van der Waals surface area contributed by atoms with Crippen LogP contribution < -0.4 is 14.4 Å². The molecule has 170 valence electrons. The molecule has 2 saturated heterocycles. The average Bonchev–Trinajstić information content (AvgIpc) is 3.28. The molecule has 0 saturated carbocycles. The summed E-state index contributed by atoms with van der Waals surface area (Å²) >= 11 is 0. The van der Waals surface area contributed by atoms with Gasteiger partial charge in [0.25, 0.3) is 5.91 Å². The second kappa shape index (κ2) is 10.1. The number of likely N-dealkylation sites (tertiary alicyclic amines) is 1.